The highest BCUT2D eigenvalue weighted by molar-refractivity contribution is 7.90. The summed E-state index contributed by atoms with van der Waals surface area (Å²) in [6.07, 6.45) is 0.853. The van der Waals surface area contributed by atoms with Crippen LogP contribution in [-0.4, -0.2) is 18.2 Å². The number of para-hydroxylation sites is 1. The van der Waals surface area contributed by atoms with Gasteiger partial charge in [-0.05, 0) is 18.1 Å². The highest BCUT2D eigenvalue weighted by atomic mass is 32.2. The molecule has 0 bridgehead atoms. The van der Waals surface area contributed by atoms with Crippen molar-refractivity contribution in [3.05, 3.63) is 23.8 Å². The van der Waals surface area contributed by atoms with Gasteiger partial charge in [0.25, 0.3) is 10.2 Å². The molecule has 0 saturated carbocycles. The molecule has 7 heteroatoms. The summed E-state index contributed by atoms with van der Waals surface area (Å²) in [7, 11) is -2.03. The maximum absolute atomic E-state index is 11.0. The lowest BCUT2D eigenvalue weighted by Gasteiger charge is -2.01. The molecule has 92 valence electrons. The van der Waals surface area contributed by atoms with Crippen LogP contribution in [0.3, 0.4) is 0 Å². The van der Waals surface area contributed by atoms with Gasteiger partial charge in [0.05, 0.1) is 5.52 Å². The molecule has 0 spiro atoms. The Bertz CT molecular complexity index is 660. The molecular formula is C10H14N4O2S. The first-order valence-corrected chi connectivity index (χ1v) is 6.72. The van der Waals surface area contributed by atoms with Crippen LogP contribution in [0.5, 0.6) is 0 Å². The number of hydrogen-bond acceptors (Lipinski definition) is 3. The number of aryl methyl sites for hydroxylation is 2. The number of nitrogens with one attached hydrogen (secondary N) is 1. The summed E-state index contributed by atoms with van der Waals surface area (Å²) in [4.78, 5) is 0. The number of aromatic nitrogens is 2. The second kappa shape index (κ2) is 4.01. The maximum atomic E-state index is 11.0. The van der Waals surface area contributed by atoms with Crippen LogP contribution < -0.4 is 9.86 Å². The van der Waals surface area contributed by atoms with E-state index in [4.69, 9.17) is 5.14 Å². The van der Waals surface area contributed by atoms with E-state index < -0.39 is 10.2 Å². The van der Waals surface area contributed by atoms with Crippen LogP contribution >= 0.6 is 0 Å². The van der Waals surface area contributed by atoms with Crippen molar-refractivity contribution in [2.75, 3.05) is 4.72 Å². The molecule has 0 aliphatic rings. The zero-order chi connectivity index (χ0) is 12.6. The van der Waals surface area contributed by atoms with Crippen LogP contribution in [0, 0.1) is 0 Å². The zero-order valence-corrected chi connectivity index (χ0v) is 10.5. The maximum Gasteiger partial charge on any atom is 0.297 e. The van der Waals surface area contributed by atoms with E-state index in [1.807, 2.05) is 25.1 Å². The van der Waals surface area contributed by atoms with Crippen LogP contribution in [-0.2, 0) is 23.7 Å². The van der Waals surface area contributed by atoms with Gasteiger partial charge < -0.3 is 0 Å². The quantitative estimate of drug-likeness (QED) is 0.847. The number of benzene rings is 1. The minimum absolute atomic E-state index is 0.264. The van der Waals surface area contributed by atoms with Crippen LogP contribution in [0.2, 0.25) is 0 Å². The fraction of sp³-hybridized carbons (Fsp3) is 0.300. The van der Waals surface area contributed by atoms with Crippen molar-refractivity contribution in [2.45, 2.75) is 13.3 Å². The molecular weight excluding hydrogens is 240 g/mol. The zero-order valence-electron chi connectivity index (χ0n) is 9.64. The average Bonchev–Trinajstić information content (AvgIpc) is 2.53. The lowest BCUT2D eigenvalue weighted by atomic mass is 10.1. The molecule has 2 rings (SSSR count). The number of fused-ring (bicyclic) bond motifs is 1. The normalized spacial score (nSPS) is 11.9. The summed E-state index contributed by atoms with van der Waals surface area (Å²) in [6.45, 7) is 2.04. The minimum Gasteiger partial charge on any atom is -0.266 e. The average molecular weight is 254 g/mol. The smallest absolute Gasteiger partial charge is 0.266 e. The number of nitrogens with two attached hydrogens (primary N) is 1. The summed E-state index contributed by atoms with van der Waals surface area (Å²) in [5, 5.41) is 9.83. The second-order valence-corrected chi connectivity index (χ2v) is 5.08. The van der Waals surface area contributed by atoms with Gasteiger partial charge in [-0.3, -0.25) is 9.40 Å². The predicted molar refractivity (Wildman–Crippen MR) is 66.8 cm³/mol. The largest absolute Gasteiger partial charge is 0.297 e. The fourth-order valence-corrected chi connectivity index (χ4v) is 2.33. The SMILES string of the molecule is CCc1cccc2c(NS(N)(=O)=O)nn(C)c12. The van der Waals surface area contributed by atoms with E-state index in [9.17, 15) is 8.42 Å². The van der Waals surface area contributed by atoms with Crippen LogP contribution in [0.1, 0.15) is 12.5 Å². The first kappa shape index (κ1) is 11.9. The Morgan fingerprint density at radius 2 is 2.18 bits per heavy atom. The second-order valence-electron chi connectivity index (χ2n) is 3.79. The van der Waals surface area contributed by atoms with Crippen LogP contribution in [0.4, 0.5) is 5.82 Å². The molecule has 0 aliphatic heterocycles. The molecule has 3 N–H and O–H groups in total. The predicted octanol–water partition coefficient (Wildman–Crippen LogP) is 0.751. The number of nitrogens with zero attached hydrogens (tertiary/aromatic N) is 2. The third-order valence-corrected chi connectivity index (χ3v) is 3.05. The summed E-state index contributed by atoms with van der Waals surface area (Å²) in [5.74, 6) is 0.264. The first-order chi connectivity index (χ1) is 7.92. The van der Waals surface area contributed by atoms with Crippen molar-refractivity contribution in [1.29, 1.82) is 0 Å². The molecule has 17 heavy (non-hydrogen) atoms. The number of anilines is 1. The number of rotatable bonds is 3. The molecule has 0 atom stereocenters. The van der Waals surface area contributed by atoms with Gasteiger partial charge in [-0.2, -0.15) is 13.5 Å². The lowest BCUT2D eigenvalue weighted by molar-refractivity contribution is 0.602. The molecule has 6 nitrogen and oxygen atoms in total. The van der Waals surface area contributed by atoms with Crippen molar-refractivity contribution >= 4 is 26.9 Å². The Kier molecular flexibility index (Phi) is 2.80. The van der Waals surface area contributed by atoms with Crippen molar-refractivity contribution in [1.82, 2.24) is 9.78 Å². The van der Waals surface area contributed by atoms with E-state index in [1.54, 1.807) is 11.7 Å². The van der Waals surface area contributed by atoms with E-state index in [0.717, 1.165) is 22.9 Å². The first-order valence-electron chi connectivity index (χ1n) is 5.17. The van der Waals surface area contributed by atoms with Gasteiger partial charge in [0.15, 0.2) is 5.82 Å². The van der Waals surface area contributed by atoms with Gasteiger partial charge in [0.1, 0.15) is 0 Å². The summed E-state index contributed by atoms with van der Waals surface area (Å²) in [5.41, 5.74) is 2.03. The van der Waals surface area contributed by atoms with Gasteiger partial charge >= 0.3 is 0 Å². The van der Waals surface area contributed by atoms with Crippen molar-refractivity contribution in [2.24, 2.45) is 12.2 Å². The molecule has 0 amide bonds. The Labute approximate surface area is 99.6 Å². The van der Waals surface area contributed by atoms with E-state index in [1.165, 1.54) is 0 Å². The molecule has 0 aliphatic carbocycles. The summed E-state index contributed by atoms with van der Waals surface area (Å²) in [6, 6.07) is 5.68. The van der Waals surface area contributed by atoms with Crippen LogP contribution in [0.15, 0.2) is 18.2 Å². The van der Waals surface area contributed by atoms with Gasteiger partial charge in [-0.25, -0.2) is 5.14 Å². The van der Waals surface area contributed by atoms with Crippen molar-refractivity contribution in [3.8, 4) is 0 Å². The molecule has 0 saturated heterocycles. The number of hydrogen-bond donors (Lipinski definition) is 2. The van der Waals surface area contributed by atoms with Crippen molar-refractivity contribution < 1.29 is 8.42 Å². The van der Waals surface area contributed by atoms with Gasteiger partial charge in [0, 0.05) is 12.4 Å². The van der Waals surface area contributed by atoms with E-state index in [-0.39, 0.29) is 5.82 Å². The van der Waals surface area contributed by atoms with Gasteiger partial charge in [-0.1, -0.05) is 19.1 Å². The molecule has 0 unspecified atom stereocenters. The molecule has 0 fully saturated rings. The minimum atomic E-state index is -3.80. The third kappa shape index (κ3) is 2.25. The topological polar surface area (TPSA) is 90.0 Å². The summed E-state index contributed by atoms with van der Waals surface area (Å²) >= 11 is 0. The third-order valence-electron chi connectivity index (χ3n) is 2.57. The molecule has 1 heterocycles. The Hall–Kier alpha value is -1.60. The van der Waals surface area contributed by atoms with Crippen molar-refractivity contribution in [3.63, 3.8) is 0 Å². The Balaban J connectivity index is 2.68. The summed E-state index contributed by atoms with van der Waals surface area (Å²) < 4.78 is 25.9. The molecule has 0 radical (unpaired) electrons. The van der Waals surface area contributed by atoms with Crippen LogP contribution in [0.25, 0.3) is 10.9 Å². The molecule has 1 aromatic carbocycles. The standard InChI is InChI=1S/C10H14N4O2S/c1-3-7-5-4-6-8-9(7)14(2)12-10(8)13-17(11,15)16/h4-6H,3H2,1-2H3,(H,12,13)(H2,11,15,16). The van der Waals surface area contributed by atoms with E-state index >= 15 is 0 Å². The lowest BCUT2D eigenvalue weighted by Crippen LogP contribution is -2.22. The Morgan fingerprint density at radius 1 is 1.47 bits per heavy atom. The highest BCUT2D eigenvalue weighted by Crippen LogP contribution is 2.25. The Morgan fingerprint density at radius 3 is 2.76 bits per heavy atom. The monoisotopic (exact) mass is 254 g/mol. The van der Waals surface area contributed by atoms with Gasteiger partial charge in [0.2, 0.25) is 0 Å². The van der Waals surface area contributed by atoms with Gasteiger partial charge in [-0.15, -0.1) is 0 Å². The fourth-order valence-electron chi connectivity index (χ4n) is 1.91. The van der Waals surface area contributed by atoms with E-state index in [2.05, 4.69) is 9.82 Å². The van der Waals surface area contributed by atoms with E-state index in [0.29, 0.717) is 0 Å². The molecule has 2 aromatic rings. The highest BCUT2D eigenvalue weighted by Gasteiger charge is 2.14. The molecule has 1 aromatic heterocycles.